The van der Waals surface area contributed by atoms with Crippen molar-refractivity contribution in [2.75, 3.05) is 46.8 Å². The van der Waals surface area contributed by atoms with Crippen LogP contribution in [0.3, 0.4) is 0 Å². The molecule has 0 heterocycles. The zero-order valence-corrected chi connectivity index (χ0v) is 14.5. The molecule has 23 heavy (non-hydrogen) atoms. The molecule has 0 saturated carbocycles. The normalized spacial score (nSPS) is 11.7. The van der Waals surface area contributed by atoms with E-state index < -0.39 is 12.1 Å². The van der Waals surface area contributed by atoms with E-state index in [0.717, 1.165) is 65.0 Å². The molecule has 0 amide bonds. The fourth-order valence-electron chi connectivity index (χ4n) is 1.35. The van der Waals surface area contributed by atoms with E-state index in [4.69, 9.17) is 24.8 Å². The lowest BCUT2D eigenvalue weighted by molar-refractivity contribution is -0.147. The topological polar surface area (TPSA) is 105 Å². The van der Waals surface area contributed by atoms with Crippen LogP contribution in [0.25, 0.3) is 0 Å². The molecule has 140 valence electrons. The third kappa shape index (κ3) is 23.7. The molecule has 0 aliphatic rings. The first-order chi connectivity index (χ1) is 11.1. The van der Waals surface area contributed by atoms with E-state index in [0.29, 0.717) is 0 Å². The maximum atomic E-state index is 9.81. The van der Waals surface area contributed by atoms with Crippen molar-refractivity contribution < 1.29 is 34.3 Å². The van der Waals surface area contributed by atoms with Gasteiger partial charge in [0.15, 0.2) is 6.10 Å². The summed E-state index contributed by atoms with van der Waals surface area (Å²) in [5.74, 6) is -0.928. The summed E-state index contributed by atoms with van der Waals surface area (Å²) in [4.78, 5) is 9.81. The number of hydrogen-bond acceptors (Lipinski definition) is 6. The van der Waals surface area contributed by atoms with Gasteiger partial charge in [-0.05, 0) is 45.4 Å². The molecule has 7 nitrogen and oxygen atoms in total. The van der Waals surface area contributed by atoms with Crippen LogP contribution in [-0.4, -0.2) is 74.1 Å². The highest BCUT2D eigenvalue weighted by molar-refractivity contribution is 5.71. The van der Waals surface area contributed by atoms with Gasteiger partial charge < -0.3 is 29.5 Å². The van der Waals surface area contributed by atoms with Gasteiger partial charge >= 0.3 is 5.97 Å². The predicted molar refractivity (Wildman–Crippen MR) is 87.6 cm³/mol. The molecule has 1 unspecified atom stereocenters. The van der Waals surface area contributed by atoms with E-state index in [-0.39, 0.29) is 13.2 Å². The van der Waals surface area contributed by atoms with E-state index in [1.165, 1.54) is 14.0 Å². The van der Waals surface area contributed by atoms with Gasteiger partial charge in [0.2, 0.25) is 0 Å². The second kappa shape index (κ2) is 21.3. The summed E-state index contributed by atoms with van der Waals surface area (Å²) in [6, 6.07) is 0. The molecule has 7 heteroatoms. The summed E-state index contributed by atoms with van der Waals surface area (Å²) in [5.41, 5.74) is 0. The molecular formula is C16H34O7. The lowest BCUT2D eigenvalue weighted by Crippen LogP contribution is -2.17. The van der Waals surface area contributed by atoms with E-state index >= 15 is 0 Å². The fraction of sp³-hybridized carbons (Fsp3) is 0.938. The van der Waals surface area contributed by atoms with Crippen LogP contribution in [0.5, 0.6) is 0 Å². The van der Waals surface area contributed by atoms with E-state index in [9.17, 15) is 4.79 Å². The van der Waals surface area contributed by atoms with Crippen LogP contribution < -0.4 is 0 Å². The Kier molecular flexibility index (Phi) is 22.7. The van der Waals surface area contributed by atoms with Crippen LogP contribution in [0.4, 0.5) is 0 Å². The highest BCUT2D eigenvalue weighted by atomic mass is 16.5. The average Bonchev–Trinajstić information content (AvgIpc) is 2.55. The number of carboxylic acids is 1. The molecular weight excluding hydrogens is 304 g/mol. The lowest BCUT2D eigenvalue weighted by atomic mass is 10.3. The molecule has 0 bridgehead atoms. The van der Waals surface area contributed by atoms with Crippen LogP contribution >= 0.6 is 0 Å². The molecule has 0 aliphatic heterocycles. The van der Waals surface area contributed by atoms with E-state index in [2.05, 4.69) is 4.74 Å². The monoisotopic (exact) mass is 338 g/mol. The molecule has 0 aromatic heterocycles. The zero-order chi connectivity index (χ0) is 17.8. The minimum atomic E-state index is -0.928. The van der Waals surface area contributed by atoms with Crippen LogP contribution in [0.1, 0.15) is 45.4 Å². The van der Waals surface area contributed by atoms with Gasteiger partial charge in [0, 0.05) is 46.8 Å². The Morgan fingerprint density at radius 2 is 1.17 bits per heavy atom. The number of aliphatic carboxylic acids is 1. The minimum absolute atomic E-state index is 0.255. The first-order valence-corrected chi connectivity index (χ1v) is 8.22. The SMILES string of the molecule is COC(C)C(=O)O.OCCCCOCCCCOCCCCO. The summed E-state index contributed by atoms with van der Waals surface area (Å²) in [6.45, 7) is 5.05. The number of carbonyl (C=O) groups is 1. The minimum Gasteiger partial charge on any atom is -0.479 e. The van der Waals surface area contributed by atoms with Crippen molar-refractivity contribution in [2.45, 2.75) is 51.6 Å². The molecule has 0 saturated heterocycles. The molecule has 0 spiro atoms. The number of unbranched alkanes of at least 4 members (excludes halogenated alkanes) is 3. The maximum Gasteiger partial charge on any atom is 0.332 e. The first-order valence-electron chi connectivity index (χ1n) is 8.22. The molecule has 0 radical (unpaired) electrons. The highest BCUT2D eigenvalue weighted by Gasteiger charge is 2.06. The van der Waals surface area contributed by atoms with Gasteiger partial charge in [-0.2, -0.15) is 0 Å². The summed E-state index contributed by atoms with van der Waals surface area (Å²) >= 11 is 0. The quantitative estimate of drug-likeness (QED) is 0.388. The van der Waals surface area contributed by atoms with Crippen molar-refractivity contribution in [1.82, 2.24) is 0 Å². The third-order valence-electron chi connectivity index (χ3n) is 2.92. The predicted octanol–water partition coefficient (Wildman–Crippen LogP) is 1.45. The Bertz CT molecular complexity index is 222. The van der Waals surface area contributed by atoms with Crippen molar-refractivity contribution in [2.24, 2.45) is 0 Å². The molecule has 0 rings (SSSR count). The fourth-order valence-corrected chi connectivity index (χ4v) is 1.35. The van der Waals surface area contributed by atoms with Crippen molar-refractivity contribution in [3.05, 3.63) is 0 Å². The number of aliphatic hydroxyl groups excluding tert-OH is 2. The first kappa shape index (κ1) is 24.5. The zero-order valence-electron chi connectivity index (χ0n) is 14.5. The number of ether oxygens (including phenoxy) is 3. The summed E-state index contributed by atoms with van der Waals surface area (Å²) in [6.07, 6.45) is 4.91. The molecule has 0 aromatic rings. The molecule has 0 fully saturated rings. The van der Waals surface area contributed by atoms with Gasteiger partial charge in [-0.1, -0.05) is 0 Å². The Hall–Kier alpha value is -0.730. The molecule has 0 aromatic carbocycles. The maximum absolute atomic E-state index is 9.81. The number of hydrogen-bond donors (Lipinski definition) is 3. The Labute approximate surface area is 139 Å². The van der Waals surface area contributed by atoms with Gasteiger partial charge in [-0.25, -0.2) is 4.79 Å². The van der Waals surface area contributed by atoms with Crippen LogP contribution in [-0.2, 0) is 19.0 Å². The highest BCUT2D eigenvalue weighted by Crippen LogP contribution is 1.95. The Morgan fingerprint density at radius 1 is 0.826 bits per heavy atom. The van der Waals surface area contributed by atoms with Crippen LogP contribution in [0.15, 0.2) is 0 Å². The second-order valence-electron chi connectivity index (χ2n) is 5.01. The number of methoxy groups -OCH3 is 1. The van der Waals surface area contributed by atoms with Crippen LogP contribution in [0, 0.1) is 0 Å². The average molecular weight is 338 g/mol. The van der Waals surface area contributed by atoms with Gasteiger partial charge in [0.25, 0.3) is 0 Å². The Balaban J connectivity index is 0. The molecule has 1 atom stereocenters. The number of carboxylic acid groups (broad SMARTS) is 1. The molecule has 0 aliphatic carbocycles. The van der Waals surface area contributed by atoms with Gasteiger partial charge in [-0.3, -0.25) is 0 Å². The van der Waals surface area contributed by atoms with Gasteiger partial charge in [0.1, 0.15) is 0 Å². The largest absolute Gasteiger partial charge is 0.479 e. The van der Waals surface area contributed by atoms with E-state index in [1.54, 1.807) is 0 Å². The number of aliphatic hydroxyl groups is 2. The van der Waals surface area contributed by atoms with Gasteiger partial charge in [0.05, 0.1) is 0 Å². The summed E-state index contributed by atoms with van der Waals surface area (Å²) in [5, 5.41) is 25.1. The van der Waals surface area contributed by atoms with E-state index in [1.807, 2.05) is 0 Å². The Morgan fingerprint density at radius 3 is 1.39 bits per heavy atom. The van der Waals surface area contributed by atoms with Crippen molar-refractivity contribution in [3.8, 4) is 0 Å². The van der Waals surface area contributed by atoms with Crippen LogP contribution in [0.2, 0.25) is 0 Å². The smallest absolute Gasteiger partial charge is 0.332 e. The van der Waals surface area contributed by atoms with Crippen molar-refractivity contribution >= 4 is 5.97 Å². The third-order valence-corrected chi connectivity index (χ3v) is 2.92. The van der Waals surface area contributed by atoms with Crippen molar-refractivity contribution in [3.63, 3.8) is 0 Å². The second-order valence-corrected chi connectivity index (χ2v) is 5.01. The standard InChI is InChI=1S/C12H26O4.C4H8O3/c13-7-1-3-9-15-11-5-6-12-16-10-4-2-8-14;1-3(7-2)4(5)6/h13-14H,1-12H2;3H,1-2H3,(H,5,6). The van der Waals surface area contributed by atoms with Crippen molar-refractivity contribution in [1.29, 1.82) is 0 Å². The number of rotatable bonds is 15. The summed E-state index contributed by atoms with van der Waals surface area (Å²) < 4.78 is 15.2. The summed E-state index contributed by atoms with van der Waals surface area (Å²) in [7, 11) is 1.36. The lowest BCUT2D eigenvalue weighted by Gasteiger charge is -2.05. The molecule has 3 N–H and O–H groups in total. The van der Waals surface area contributed by atoms with Gasteiger partial charge in [-0.15, -0.1) is 0 Å².